The fraction of sp³-hybridized carbons (Fsp3) is 0.714. The van der Waals surface area contributed by atoms with Gasteiger partial charge in [-0.15, -0.1) is 0 Å². The summed E-state index contributed by atoms with van der Waals surface area (Å²) in [7, 11) is -7.39. The van der Waals surface area contributed by atoms with E-state index in [1.54, 1.807) is 0 Å². The second-order valence-corrected chi connectivity index (χ2v) is 13.0. The Morgan fingerprint density at radius 3 is 0.796 bits per heavy atom. The van der Waals surface area contributed by atoms with Crippen molar-refractivity contribution in [2.75, 3.05) is 0 Å². The van der Waals surface area contributed by atoms with Crippen molar-refractivity contribution in [3.63, 3.8) is 0 Å². The van der Waals surface area contributed by atoms with Gasteiger partial charge >= 0.3 is 88.8 Å². The molecule has 0 aliphatic carbocycles. The van der Waals surface area contributed by atoms with Gasteiger partial charge in [-0.05, 0) is 0 Å². The number of rotatable bonds is 14. The van der Waals surface area contributed by atoms with Crippen LogP contribution in [0.1, 0.15) is 0 Å². The smallest absolute Gasteiger partial charge is 0.400 e. The Balaban J connectivity index is 7.35. The van der Waals surface area contributed by atoms with E-state index in [-0.39, 0.29) is 0 Å². The molecule has 7 nitrogen and oxygen atoms in total. The van der Waals surface area contributed by atoms with Crippen LogP contribution in [0, 0.1) is 0 Å². The molecule has 0 aliphatic heterocycles. The first kappa shape index (κ1) is 47.0. The Bertz CT molecular complexity index is 1440. The topological polar surface area (TPSA) is 96.0 Å². The Morgan fingerprint density at radius 1 is 0.429 bits per heavy atom. The van der Waals surface area contributed by atoms with Crippen molar-refractivity contribution in [3.8, 4) is 0 Å². The van der Waals surface area contributed by atoms with Crippen molar-refractivity contribution in [3.05, 3.63) is 23.7 Å². The van der Waals surface area contributed by atoms with Gasteiger partial charge < -0.3 is 4.74 Å². The zero-order valence-electron chi connectivity index (χ0n) is 20.5. The van der Waals surface area contributed by atoms with Crippen LogP contribution >= 0.6 is 21.4 Å². The molecule has 35 heteroatoms. The van der Waals surface area contributed by atoms with Crippen LogP contribution in [0.15, 0.2) is 23.7 Å². The van der Waals surface area contributed by atoms with Crippen LogP contribution in [0.4, 0.5) is 105 Å². The predicted molar refractivity (Wildman–Crippen MR) is 101 cm³/mol. The lowest BCUT2D eigenvalue weighted by atomic mass is 10.1. The Labute approximate surface area is 258 Å². The molecule has 0 fully saturated rings. The van der Waals surface area contributed by atoms with E-state index in [2.05, 4.69) is 21.4 Å². The molecular formula is C14Cl2F24O7S2. The fourth-order valence-corrected chi connectivity index (χ4v) is 3.24. The third-order valence-electron chi connectivity index (χ3n) is 4.44. The van der Waals surface area contributed by atoms with Gasteiger partial charge in [-0.25, -0.2) is 16.8 Å². The van der Waals surface area contributed by atoms with Gasteiger partial charge in [-0.3, -0.25) is 9.47 Å². The largest absolute Gasteiger partial charge is 0.455 e. The molecule has 2 unspecified atom stereocenters. The van der Waals surface area contributed by atoms with Gasteiger partial charge in [-0.2, -0.15) is 105 Å². The van der Waals surface area contributed by atoms with Crippen molar-refractivity contribution >= 4 is 39.5 Å². The number of hydrogen-bond acceptors (Lipinski definition) is 7. The molecule has 0 amide bonds. The first-order valence-electron chi connectivity index (χ1n) is 9.64. The second-order valence-electron chi connectivity index (χ2n) is 7.76. The summed E-state index contributed by atoms with van der Waals surface area (Å²) in [5.41, 5.74) is 0. The summed E-state index contributed by atoms with van der Waals surface area (Å²) in [4.78, 5) is 0. The Morgan fingerprint density at radius 2 is 0.633 bits per heavy atom. The van der Waals surface area contributed by atoms with Crippen molar-refractivity contribution in [2.24, 2.45) is 0 Å². The highest BCUT2D eigenvalue weighted by Crippen LogP contribution is 2.58. The summed E-state index contributed by atoms with van der Waals surface area (Å²) in [5.74, 6) is -43.9. The average Bonchev–Trinajstić information content (AvgIpc) is 2.83. The first-order chi connectivity index (χ1) is 20.8. The van der Waals surface area contributed by atoms with E-state index in [4.69, 9.17) is 0 Å². The van der Waals surface area contributed by atoms with Crippen LogP contribution in [0.2, 0.25) is 0 Å². The second kappa shape index (κ2) is 12.9. The zero-order valence-corrected chi connectivity index (χ0v) is 23.6. The van der Waals surface area contributed by atoms with Gasteiger partial charge in [0.2, 0.25) is 11.7 Å². The molecule has 0 bridgehead atoms. The number of ether oxygens (including phenoxy) is 3. The monoisotopic (exact) mass is 870 g/mol. The third-order valence-corrected chi connectivity index (χ3v) is 7.30. The standard InChI is InChI=1S/C14Cl2F24O7S2/c15-48(41,42)13(37,38)11(33,34)46-7(25,9(27,28)29)5(21,22)1(17)3(19)45-4(20)2(18)6(23,24)8(26,10(30,31)32)47-12(35,36)14(39,40)49(16,43)44. The van der Waals surface area contributed by atoms with Crippen LogP contribution in [0.5, 0.6) is 0 Å². The molecule has 2 atom stereocenters. The van der Waals surface area contributed by atoms with Crippen LogP contribution < -0.4 is 0 Å². The molecule has 0 N–H and O–H groups in total. The highest BCUT2D eigenvalue weighted by Gasteiger charge is 2.84. The Hall–Kier alpha value is -2.00. The molecule has 292 valence electrons. The van der Waals surface area contributed by atoms with Gasteiger partial charge in [0.25, 0.3) is 0 Å². The zero-order chi connectivity index (χ0) is 40.4. The third kappa shape index (κ3) is 7.93. The summed E-state index contributed by atoms with van der Waals surface area (Å²) in [6.07, 6.45) is -32.1. The van der Waals surface area contributed by atoms with Crippen LogP contribution in [-0.4, -0.2) is 75.5 Å². The molecule has 0 saturated heterocycles. The number of halogens is 26. The van der Waals surface area contributed by atoms with E-state index >= 15 is 0 Å². The van der Waals surface area contributed by atoms with E-state index in [0.717, 1.165) is 0 Å². The molecule has 0 rings (SSSR count). The van der Waals surface area contributed by atoms with E-state index < -0.39 is 100 Å². The SMILES string of the molecule is O=S(=O)(Cl)C(F)(F)C(F)(F)OC(F)(C(F)(F)F)C(F)(F)C(F)=C(F)OC(F)=C(F)C(F)(F)C(F)(OC(F)(F)C(F)(F)S(=O)(=O)Cl)C(F)(F)F. The first-order valence-corrected chi connectivity index (χ1v) is 14.3. The van der Waals surface area contributed by atoms with Gasteiger partial charge in [-0.1, -0.05) is 0 Å². The van der Waals surface area contributed by atoms with Crippen LogP contribution in [-0.2, 0) is 32.3 Å². The minimum absolute atomic E-state index is 1.34. The quantitative estimate of drug-likeness (QED) is 0.0983. The van der Waals surface area contributed by atoms with E-state index in [1.807, 2.05) is 4.74 Å². The molecule has 0 aromatic rings. The lowest BCUT2D eigenvalue weighted by Crippen LogP contribution is -2.63. The highest BCUT2D eigenvalue weighted by molar-refractivity contribution is 8.14. The average molecular weight is 871 g/mol. The maximum Gasteiger partial charge on any atom is 0.455 e. The summed E-state index contributed by atoms with van der Waals surface area (Å²) in [6.45, 7) is 0. The lowest BCUT2D eigenvalue weighted by molar-refractivity contribution is -0.473. The lowest BCUT2D eigenvalue weighted by Gasteiger charge is -2.37. The van der Waals surface area contributed by atoms with E-state index in [0.29, 0.717) is 0 Å². The van der Waals surface area contributed by atoms with Gasteiger partial charge in [0.15, 0.2) is 0 Å². The van der Waals surface area contributed by atoms with E-state index in [1.165, 1.54) is 9.47 Å². The van der Waals surface area contributed by atoms with Crippen molar-refractivity contribution < 1.29 is 136 Å². The van der Waals surface area contributed by atoms with Crippen molar-refractivity contribution in [2.45, 2.75) is 58.6 Å². The fourth-order valence-electron chi connectivity index (χ4n) is 2.05. The van der Waals surface area contributed by atoms with Crippen molar-refractivity contribution in [1.82, 2.24) is 0 Å². The number of alkyl halides is 20. The molecule has 0 aromatic heterocycles. The predicted octanol–water partition coefficient (Wildman–Crippen LogP) is 8.49. The van der Waals surface area contributed by atoms with Crippen molar-refractivity contribution in [1.29, 1.82) is 0 Å². The maximum atomic E-state index is 14.1. The minimum atomic E-state index is -8.31. The summed E-state index contributed by atoms with van der Waals surface area (Å²) in [5, 5.41) is -14.9. The molecule has 0 saturated carbocycles. The van der Waals surface area contributed by atoms with E-state index in [9.17, 15) is 122 Å². The van der Waals surface area contributed by atoms with Gasteiger partial charge in [0, 0.05) is 21.4 Å². The summed E-state index contributed by atoms with van der Waals surface area (Å²) >= 11 is 0. The molecule has 0 heterocycles. The summed E-state index contributed by atoms with van der Waals surface area (Å²) < 4.78 is 368. The van der Waals surface area contributed by atoms with Gasteiger partial charge in [0.05, 0.1) is 0 Å². The van der Waals surface area contributed by atoms with Crippen LogP contribution in [0.25, 0.3) is 0 Å². The van der Waals surface area contributed by atoms with Gasteiger partial charge in [0.1, 0.15) is 0 Å². The Kier molecular flexibility index (Phi) is 12.4. The number of hydrogen-bond donors (Lipinski definition) is 0. The normalized spacial score (nSPS) is 19.1. The molecule has 49 heavy (non-hydrogen) atoms. The highest BCUT2D eigenvalue weighted by atomic mass is 35.7. The molecule has 0 spiro atoms. The minimum Gasteiger partial charge on any atom is -0.400 e. The summed E-state index contributed by atoms with van der Waals surface area (Å²) in [6, 6.07) is -10.0. The maximum absolute atomic E-state index is 14.1. The molecule has 0 aliphatic rings. The molecule has 0 aromatic carbocycles. The molecular weight excluding hydrogens is 871 g/mol. The van der Waals surface area contributed by atoms with Crippen LogP contribution in [0.3, 0.4) is 0 Å². The molecule has 0 radical (unpaired) electrons.